The van der Waals surface area contributed by atoms with E-state index in [1.165, 1.54) is 13.2 Å². The minimum atomic E-state index is -1.50. The Hall–Kier alpha value is -4.78. The molecule has 0 spiro atoms. The lowest BCUT2D eigenvalue weighted by Gasteiger charge is -2.43. The minimum Gasteiger partial charge on any atom is -0.481 e. The van der Waals surface area contributed by atoms with Crippen LogP contribution in [-0.2, 0) is 16.1 Å². The van der Waals surface area contributed by atoms with Gasteiger partial charge in [0.2, 0.25) is 0 Å². The molecule has 4 rings (SSSR count). The van der Waals surface area contributed by atoms with E-state index in [9.17, 15) is 33.4 Å². The first-order valence-electron chi connectivity index (χ1n) is 12.7. The molecule has 0 aliphatic carbocycles. The van der Waals surface area contributed by atoms with Crippen molar-refractivity contribution in [3.63, 3.8) is 0 Å². The second-order valence-corrected chi connectivity index (χ2v) is 9.28. The molecule has 1 aliphatic heterocycles. The number of methoxy groups -OCH3 is 1. The number of hydrazine groups is 1. The standard InChI is InChI=1S/C28H27F2N5O6/c1-41-17-24-20(16-25(36)37)26(19-6-7-21(29)22(30)15-19)35(27(38)32-24)34(28(39)40)12-4-11-33-13-8-18(9-14-33)23-5-2-3-10-31-23/h2-3,5-10,13-15,20,26H,4,11-12,16-17H2,1H3,(H-,36,37,39,40)/p+1/t20?,26-/m0/s1. The zero-order chi connectivity index (χ0) is 29.5. The van der Waals surface area contributed by atoms with E-state index in [2.05, 4.69) is 9.98 Å². The smallest absolute Gasteiger partial charge is 0.426 e. The number of carboxylic acid groups (broad SMARTS) is 2. The maximum absolute atomic E-state index is 14.3. The third-order valence-electron chi connectivity index (χ3n) is 6.60. The maximum Gasteiger partial charge on any atom is 0.426 e. The summed E-state index contributed by atoms with van der Waals surface area (Å²) < 4.78 is 35.0. The van der Waals surface area contributed by atoms with Gasteiger partial charge in [-0.2, -0.15) is 4.99 Å². The monoisotopic (exact) mass is 568 g/mol. The van der Waals surface area contributed by atoms with E-state index in [-0.39, 0.29) is 30.8 Å². The van der Waals surface area contributed by atoms with Gasteiger partial charge in [-0.15, -0.1) is 0 Å². The topological polar surface area (TPSA) is 137 Å². The van der Waals surface area contributed by atoms with E-state index in [4.69, 9.17) is 4.74 Å². The molecule has 3 aromatic rings. The second-order valence-electron chi connectivity index (χ2n) is 9.28. The number of carbonyl (C=O) groups is 3. The van der Waals surface area contributed by atoms with Gasteiger partial charge in [0.05, 0.1) is 37.0 Å². The van der Waals surface area contributed by atoms with Crippen molar-refractivity contribution in [3.8, 4) is 11.3 Å². The van der Waals surface area contributed by atoms with Crippen molar-refractivity contribution in [2.75, 3.05) is 20.3 Å². The van der Waals surface area contributed by atoms with Gasteiger partial charge >= 0.3 is 18.1 Å². The Morgan fingerprint density at radius 2 is 1.85 bits per heavy atom. The van der Waals surface area contributed by atoms with Gasteiger partial charge in [0.25, 0.3) is 0 Å². The number of pyridine rings is 2. The number of aryl methyl sites for hydroxylation is 1. The van der Waals surface area contributed by atoms with Crippen molar-refractivity contribution >= 4 is 23.8 Å². The molecule has 1 aliphatic rings. The Labute approximate surface area is 233 Å². The fourth-order valence-electron chi connectivity index (χ4n) is 4.77. The lowest BCUT2D eigenvalue weighted by molar-refractivity contribution is -0.697. The Kier molecular flexibility index (Phi) is 9.30. The molecule has 1 aromatic carbocycles. The van der Waals surface area contributed by atoms with Gasteiger partial charge in [-0.1, -0.05) is 12.1 Å². The zero-order valence-corrected chi connectivity index (χ0v) is 22.1. The van der Waals surface area contributed by atoms with E-state index >= 15 is 0 Å². The Bertz CT molecular complexity index is 1440. The largest absolute Gasteiger partial charge is 0.481 e. The lowest BCUT2D eigenvalue weighted by Crippen LogP contribution is -2.56. The summed E-state index contributed by atoms with van der Waals surface area (Å²) >= 11 is 0. The number of carbonyl (C=O) groups excluding carboxylic acids is 1. The summed E-state index contributed by atoms with van der Waals surface area (Å²) in [5.41, 5.74) is 1.77. The SMILES string of the molecule is COCC1=NC(=O)N(N(CCC[n+]2ccc(-c3ccccn3)cc2)C(=O)O)[C@@H](c2ccc(F)c(F)c2)C1CC(=O)O. The molecule has 41 heavy (non-hydrogen) atoms. The number of carboxylic acids is 1. The van der Waals surface area contributed by atoms with Crippen LogP contribution >= 0.6 is 0 Å². The number of aliphatic imine (C=N–C) groups is 1. The molecule has 2 aromatic heterocycles. The molecule has 3 heterocycles. The molecule has 11 nitrogen and oxygen atoms in total. The number of rotatable bonds is 11. The highest BCUT2D eigenvalue weighted by Gasteiger charge is 2.45. The van der Waals surface area contributed by atoms with Gasteiger partial charge in [-0.3, -0.25) is 9.78 Å². The lowest BCUT2D eigenvalue weighted by atomic mass is 9.84. The first kappa shape index (κ1) is 29.2. The number of nitrogens with zero attached hydrogens (tertiary/aromatic N) is 5. The highest BCUT2D eigenvalue weighted by Crippen LogP contribution is 2.38. The summed E-state index contributed by atoms with van der Waals surface area (Å²) in [6.07, 6.45) is 3.51. The highest BCUT2D eigenvalue weighted by atomic mass is 19.2. The number of hydrogen-bond donors (Lipinski definition) is 2. The number of hydrogen-bond acceptors (Lipinski definition) is 5. The quantitative estimate of drug-likeness (QED) is 0.334. The second kappa shape index (κ2) is 13.0. The normalized spacial score (nSPS) is 16.8. The van der Waals surface area contributed by atoms with Crippen molar-refractivity contribution in [1.29, 1.82) is 0 Å². The van der Waals surface area contributed by atoms with E-state index < -0.39 is 48.1 Å². The van der Waals surface area contributed by atoms with Crippen LogP contribution in [0.3, 0.4) is 0 Å². The number of benzene rings is 1. The Balaban J connectivity index is 1.62. The van der Waals surface area contributed by atoms with Crippen molar-refractivity contribution in [2.45, 2.75) is 25.4 Å². The number of aliphatic carboxylic acids is 1. The van der Waals surface area contributed by atoms with E-state index in [0.717, 1.165) is 33.4 Å². The van der Waals surface area contributed by atoms with Crippen molar-refractivity contribution in [3.05, 3.63) is 84.3 Å². The molecular weight excluding hydrogens is 540 g/mol. The van der Waals surface area contributed by atoms with Crippen LogP contribution in [0.1, 0.15) is 24.4 Å². The molecule has 3 amide bonds. The van der Waals surface area contributed by atoms with Gasteiger partial charge in [-0.25, -0.2) is 33.0 Å². The average Bonchev–Trinajstić information content (AvgIpc) is 2.95. The van der Waals surface area contributed by atoms with E-state index in [1.807, 2.05) is 47.3 Å². The molecule has 0 fully saturated rings. The molecule has 13 heteroatoms. The average molecular weight is 569 g/mol. The molecule has 1 unspecified atom stereocenters. The van der Waals surface area contributed by atoms with Crippen LogP contribution in [-0.4, -0.2) is 69.3 Å². The maximum atomic E-state index is 14.3. The van der Waals surface area contributed by atoms with Gasteiger partial charge < -0.3 is 14.9 Å². The molecule has 2 N–H and O–H groups in total. The molecule has 2 atom stereocenters. The van der Waals surface area contributed by atoms with Gasteiger partial charge in [-0.05, 0) is 29.8 Å². The fraction of sp³-hybridized carbons (Fsp3) is 0.286. The van der Waals surface area contributed by atoms with Crippen LogP contribution in [0.15, 0.2) is 72.1 Å². The molecular formula is C28H28F2N5O6+. The number of urea groups is 1. The van der Waals surface area contributed by atoms with Crippen LogP contribution < -0.4 is 4.57 Å². The van der Waals surface area contributed by atoms with Crippen LogP contribution in [0.5, 0.6) is 0 Å². The predicted molar refractivity (Wildman–Crippen MR) is 141 cm³/mol. The molecule has 0 bridgehead atoms. The van der Waals surface area contributed by atoms with Gasteiger partial charge in [0, 0.05) is 43.3 Å². The zero-order valence-electron chi connectivity index (χ0n) is 22.1. The van der Waals surface area contributed by atoms with Gasteiger partial charge in [0.1, 0.15) is 6.54 Å². The Morgan fingerprint density at radius 1 is 1.10 bits per heavy atom. The van der Waals surface area contributed by atoms with E-state index in [1.54, 1.807) is 6.20 Å². The first-order valence-corrected chi connectivity index (χ1v) is 12.7. The Morgan fingerprint density at radius 3 is 2.46 bits per heavy atom. The summed E-state index contributed by atoms with van der Waals surface area (Å²) in [6, 6.07) is 9.85. The van der Waals surface area contributed by atoms with Crippen LogP contribution in [0.25, 0.3) is 11.3 Å². The van der Waals surface area contributed by atoms with Crippen molar-refractivity contribution < 1.29 is 42.7 Å². The molecule has 214 valence electrons. The third kappa shape index (κ3) is 6.87. The highest BCUT2D eigenvalue weighted by molar-refractivity contribution is 6.01. The fourth-order valence-corrected chi connectivity index (χ4v) is 4.77. The number of amides is 3. The van der Waals surface area contributed by atoms with Crippen molar-refractivity contribution in [2.24, 2.45) is 10.9 Å². The minimum absolute atomic E-state index is 0.0118. The summed E-state index contributed by atoms with van der Waals surface area (Å²) in [6.45, 7) is -0.0119. The van der Waals surface area contributed by atoms with Crippen LogP contribution in [0.4, 0.5) is 18.4 Å². The number of halogens is 2. The number of aromatic nitrogens is 2. The molecule has 0 saturated heterocycles. The predicted octanol–water partition coefficient (Wildman–Crippen LogP) is 3.95. The first-order chi connectivity index (χ1) is 19.7. The molecule has 0 radical (unpaired) electrons. The summed E-state index contributed by atoms with van der Waals surface area (Å²) in [5, 5.41) is 21.2. The summed E-state index contributed by atoms with van der Waals surface area (Å²) in [7, 11) is 1.33. The summed E-state index contributed by atoms with van der Waals surface area (Å²) in [4.78, 5) is 45.7. The van der Waals surface area contributed by atoms with E-state index in [0.29, 0.717) is 6.54 Å². The van der Waals surface area contributed by atoms with Crippen LogP contribution in [0, 0.1) is 17.6 Å². The summed E-state index contributed by atoms with van der Waals surface area (Å²) in [5.74, 6) is -4.71. The molecule has 0 saturated carbocycles. The van der Waals surface area contributed by atoms with Crippen molar-refractivity contribution in [1.82, 2.24) is 15.0 Å². The van der Waals surface area contributed by atoms with Crippen LogP contribution in [0.2, 0.25) is 0 Å². The van der Waals surface area contributed by atoms with Gasteiger partial charge in [0.15, 0.2) is 24.0 Å². The third-order valence-corrected chi connectivity index (χ3v) is 6.60. The number of ether oxygens (including phenoxy) is 1.